The Hall–Kier alpha value is -2.25. The van der Waals surface area contributed by atoms with Crippen LogP contribution in [0.4, 0.5) is 5.69 Å². The highest BCUT2D eigenvalue weighted by Crippen LogP contribution is 2.25. The van der Waals surface area contributed by atoms with Gasteiger partial charge in [-0.1, -0.05) is 17.7 Å². The van der Waals surface area contributed by atoms with Crippen LogP contribution in [0, 0.1) is 20.8 Å². The second kappa shape index (κ2) is 8.41. The Morgan fingerprint density at radius 1 is 1.29 bits per heavy atom. The lowest BCUT2D eigenvalue weighted by molar-refractivity contribution is -0.132. The van der Waals surface area contributed by atoms with Gasteiger partial charge in [0.1, 0.15) is 11.2 Å². The first-order valence-electron chi connectivity index (χ1n) is 8.91. The van der Waals surface area contributed by atoms with E-state index in [1.54, 1.807) is 34.5 Å². The van der Waals surface area contributed by atoms with Gasteiger partial charge in [-0.05, 0) is 50.1 Å². The Morgan fingerprint density at radius 2 is 2.04 bits per heavy atom. The van der Waals surface area contributed by atoms with Gasteiger partial charge in [0.2, 0.25) is 11.8 Å². The molecular formula is C20H23ClN4O2S. The van der Waals surface area contributed by atoms with Crippen LogP contribution in [0.1, 0.15) is 22.4 Å². The Labute approximate surface area is 173 Å². The fraction of sp³-hybridized carbons (Fsp3) is 0.350. The maximum Gasteiger partial charge on any atom is 0.248 e. The maximum absolute atomic E-state index is 12.7. The number of amides is 2. The number of carbonyl (C=O) groups excluding carboxylic acids is 2. The lowest BCUT2D eigenvalue weighted by Crippen LogP contribution is -2.43. The van der Waals surface area contributed by atoms with E-state index in [0.717, 1.165) is 16.9 Å². The molecule has 148 valence electrons. The van der Waals surface area contributed by atoms with Gasteiger partial charge in [0.25, 0.3) is 0 Å². The zero-order valence-corrected chi connectivity index (χ0v) is 17.9. The molecule has 1 unspecified atom stereocenters. The molecule has 8 heteroatoms. The molecule has 1 atom stereocenters. The summed E-state index contributed by atoms with van der Waals surface area (Å²) in [5.41, 5.74) is 4.47. The first-order valence-corrected chi connectivity index (χ1v) is 10.4. The van der Waals surface area contributed by atoms with Gasteiger partial charge in [-0.3, -0.25) is 14.3 Å². The second-order valence-corrected chi connectivity index (χ2v) is 8.22. The standard InChI is InChI=1S/C20H23ClN4O2S/c1-12-5-6-15(9-13(12)2)22-20(27)17-10-28-11-25(17)18(26)8-7-16-14(3)23-24(4)19(16)21/h5-9,17H,10-11H2,1-4H3,(H,22,27)/b8-7+. The predicted molar refractivity (Wildman–Crippen MR) is 114 cm³/mol. The Balaban J connectivity index is 1.70. The number of benzene rings is 1. The van der Waals surface area contributed by atoms with Crippen LogP contribution in [-0.4, -0.2) is 44.2 Å². The molecule has 2 amide bonds. The average Bonchev–Trinajstić information content (AvgIpc) is 3.22. The summed E-state index contributed by atoms with van der Waals surface area (Å²) >= 11 is 7.77. The molecule has 1 fully saturated rings. The highest BCUT2D eigenvalue weighted by atomic mass is 35.5. The van der Waals surface area contributed by atoms with Crippen LogP contribution in [0.25, 0.3) is 6.08 Å². The molecular weight excluding hydrogens is 396 g/mol. The van der Waals surface area contributed by atoms with Crippen LogP contribution in [0.2, 0.25) is 5.15 Å². The highest BCUT2D eigenvalue weighted by molar-refractivity contribution is 7.99. The van der Waals surface area contributed by atoms with E-state index in [1.807, 2.05) is 39.0 Å². The number of halogens is 1. The van der Waals surface area contributed by atoms with E-state index in [9.17, 15) is 9.59 Å². The number of nitrogens with one attached hydrogen (secondary N) is 1. The fourth-order valence-corrected chi connectivity index (χ4v) is 4.41. The summed E-state index contributed by atoms with van der Waals surface area (Å²) in [7, 11) is 1.75. The van der Waals surface area contributed by atoms with Crippen molar-refractivity contribution in [2.75, 3.05) is 16.9 Å². The number of carbonyl (C=O) groups is 2. The monoisotopic (exact) mass is 418 g/mol. The number of anilines is 1. The van der Waals surface area contributed by atoms with Crippen molar-refractivity contribution in [2.24, 2.45) is 7.05 Å². The predicted octanol–water partition coefficient (Wildman–Crippen LogP) is 3.55. The van der Waals surface area contributed by atoms with Crippen molar-refractivity contribution in [1.82, 2.24) is 14.7 Å². The molecule has 28 heavy (non-hydrogen) atoms. The molecule has 0 aliphatic carbocycles. The lowest BCUT2D eigenvalue weighted by Gasteiger charge is -2.22. The number of rotatable bonds is 4. The zero-order chi connectivity index (χ0) is 20.4. The molecule has 0 radical (unpaired) electrons. The van der Waals surface area contributed by atoms with Gasteiger partial charge >= 0.3 is 0 Å². The van der Waals surface area contributed by atoms with E-state index in [0.29, 0.717) is 22.3 Å². The molecule has 1 saturated heterocycles. The average molecular weight is 419 g/mol. The molecule has 1 aromatic heterocycles. The molecule has 6 nitrogen and oxygen atoms in total. The number of hydrogen-bond acceptors (Lipinski definition) is 4. The first kappa shape index (κ1) is 20.5. The fourth-order valence-electron chi connectivity index (χ4n) is 3.01. The second-order valence-electron chi connectivity index (χ2n) is 6.86. The highest BCUT2D eigenvalue weighted by Gasteiger charge is 2.33. The van der Waals surface area contributed by atoms with E-state index >= 15 is 0 Å². The minimum Gasteiger partial charge on any atom is -0.324 e. The van der Waals surface area contributed by atoms with Gasteiger partial charge in [0, 0.05) is 30.1 Å². The van der Waals surface area contributed by atoms with Crippen LogP contribution in [0.3, 0.4) is 0 Å². The SMILES string of the molecule is Cc1ccc(NC(=O)C2CSCN2C(=O)/C=C/c2c(C)nn(C)c2Cl)cc1C. The van der Waals surface area contributed by atoms with Crippen molar-refractivity contribution in [2.45, 2.75) is 26.8 Å². The third-order valence-corrected chi connectivity index (χ3v) is 6.29. The Bertz CT molecular complexity index is 954. The maximum atomic E-state index is 12.7. The van der Waals surface area contributed by atoms with E-state index < -0.39 is 6.04 Å². The van der Waals surface area contributed by atoms with E-state index in [4.69, 9.17) is 11.6 Å². The van der Waals surface area contributed by atoms with Crippen molar-refractivity contribution >= 4 is 46.9 Å². The lowest BCUT2D eigenvalue weighted by atomic mass is 10.1. The Kier molecular flexibility index (Phi) is 6.15. The first-order chi connectivity index (χ1) is 13.3. The van der Waals surface area contributed by atoms with Crippen molar-refractivity contribution in [3.05, 3.63) is 51.8 Å². The molecule has 1 aliphatic rings. The van der Waals surface area contributed by atoms with Crippen LogP contribution in [0.5, 0.6) is 0 Å². The van der Waals surface area contributed by atoms with Crippen molar-refractivity contribution in [3.8, 4) is 0 Å². The minimum absolute atomic E-state index is 0.175. The Morgan fingerprint density at radius 3 is 2.68 bits per heavy atom. The van der Waals surface area contributed by atoms with Gasteiger partial charge in [-0.15, -0.1) is 11.8 Å². The summed E-state index contributed by atoms with van der Waals surface area (Å²) < 4.78 is 1.56. The van der Waals surface area contributed by atoms with Crippen LogP contribution < -0.4 is 5.32 Å². The van der Waals surface area contributed by atoms with Gasteiger partial charge in [-0.2, -0.15) is 5.10 Å². The van der Waals surface area contributed by atoms with E-state index in [1.165, 1.54) is 11.6 Å². The summed E-state index contributed by atoms with van der Waals surface area (Å²) in [5.74, 6) is 0.659. The number of aromatic nitrogens is 2. The third-order valence-electron chi connectivity index (χ3n) is 4.83. The third kappa shape index (κ3) is 4.25. The summed E-state index contributed by atoms with van der Waals surface area (Å²) in [6.07, 6.45) is 3.12. The molecule has 1 N–H and O–H groups in total. The molecule has 3 rings (SSSR count). The summed E-state index contributed by atoms with van der Waals surface area (Å²) in [5, 5.41) is 7.63. The van der Waals surface area contributed by atoms with Gasteiger partial charge in [0.15, 0.2) is 0 Å². The summed E-state index contributed by atoms with van der Waals surface area (Å²) in [4.78, 5) is 27.0. The minimum atomic E-state index is -0.505. The van der Waals surface area contributed by atoms with Gasteiger partial charge < -0.3 is 10.2 Å². The molecule has 0 saturated carbocycles. The summed E-state index contributed by atoms with van der Waals surface area (Å²) in [6.45, 7) is 5.86. The topological polar surface area (TPSA) is 67.2 Å². The van der Waals surface area contributed by atoms with Crippen molar-refractivity contribution in [1.29, 1.82) is 0 Å². The smallest absolute Gasteiger partial charge is 0.248 e. The zero-order valence-electron chi connectivity index (χ0n) is 16.3. The van der Waals surface area contributed by atoms with Crippen LogP contribution in [-0.2, 0) is 16.6 Å². The van der Waals surface area contributed by atoms with Crippen molar-refractivity contribution < 1.29 is 9.59 Å². The van der Waals surface area contributed by atoms with Gasteiger partial charge in [-0.25, -0.2) is 0 Å². The quantitative estimate of drug-likeness (QED) is 0.771. The number of aryl methyl sites for hydroxylation is 4. The number of nitrogens with zero attached hydrogens (tertiary/aromatic N) is 3. The van der Waals surface area contributed by atoms with Crippen LogP contribution >= 0.6 is 23.4 Å². The molecule has 2 aromatic rings. The van der Waals surface area contributed by atoms with Crippen LogP contribution in [0.15, 0.2) is 24.3 Å². The number of thioether (sulfide) groups is 1. The molecule has 0 bridgehead atoms. The summed E-state index contributed by atoms with van der Waals surface area (Å²) in [6, 6.07) is 5.28. The molecule has 2 heterocycles. The largest absolute Gasteiger partial charge is 0.324 e. The molecule has 1 aliphatic heterocycles. The van der Waals surface area contributed by atoms with Crippen molar-refractivity contribution in [3.63, 3.8) is 0 Å². The number of hydrogen-bond donors (Lipinski definition) is 1. The van der Waals surface area contributed by atoms with E-state index in [2.05, 4.69) is 10.4 Å². The van der Waals surface area contributed by atoms with E-state index in [-0.39, 0.29) is 11.8 Å². The van der Waals surface area contributed by atoms with Gasteiger partial charge in [0.05, 0.1) is 11.6 Å². The normalized spacial score (nSPS) is 16.8. The molecule has 1 aromatic carbocycles. The molecule has 0 spiro atoms.